The molecule has 7 nitrogen and oxygen atoms in total. The van der Waals surface area contributed by atoms with E-state index in [1.807, 2.05) is 24.3 Å². The molecule has 0 aliphatic rings. The van der Waals surface area contributed by atoms with Gasteiger partial charge in [0.15, 0.2) is 5.76 Å². The number of benzene rings is 1. The van der Waals surface area contributed by atoms with E-state index in [1.165, 1.54) is 4.57 Å². The molecule has 0 radical (unpaired) electrons. The lowest BCUT2D eigenvalue weighted by Gasteiger charge is -2.03. The summed E-state index contributed by atoms with van der Waals surface area (Å²) < 4.78 is 30.0. The molecule has 0 unspecified atom stereocenters. The Morgan fingerprint density at radius 1 is 1.30 bits per heavy atom. The van der Waals surface area contributed by atoms with Crippen LogP contribution < -0.4 is 5.14 Å². The zero-order valence-corrected chi connectivity index (χ0v) is 11.5. The van der Waals surface area contributed by atoms with E-state index in [-0.39, 0.29) is 5.16 Å². The molecule has 0 fully saturated rings. The molecular weight excluding hydrogens is 280 g/mol. The number of fused-ring (bicyclic) bond motifs is 1. The topological polar surface area (TPSA) is 104 Å². The molecule has 8 heteroatoms. The molecule has 20 heavy (non-hydrogen) atoms. The fourth-order valence-electron chi connectivity index (χ4n) is 2.06. The standard InChI is InChI=1S/C12H12N4O3S/c1-2-16-11(14-15-12(16)20(13,17)18)10-7-8-5-3-4-6-9(8)19-10/h3-7H,2H2,1H3,(H2,13,17,18). The number of nitrogens with two attached hydrogens (primary N) is 1. The van der Waals surface area contributed by atoms with Crippen molar-refractivity contribution in [3.63, 3.8) is 0 Å². The minimum Gasteiger partial charge on any atom is -0.453 e. The lowest BCUT2D eigenvalue weighted by molar-refractivity contribution is 0.566. The number of hydrogen-bond donors (Lipinski definition) is 1. The number of sulfonamides is 1. The Hall–Kier alpha value is -2.19. The fourth-order valence-corrected chi connectivity index (χ4v) is 2.74. The molecule has 104 valence electrons. The van der Waals surface area contributed by atoms with Gasteiger partial charge in [-0.15, -0.1) is 10.2 Å². The average Bonchev–Trinajstić information content (AvgIpc) is 3.00. The van der Waals surface area contributed by atoms with Crippen LogP contribution in [0.1, 0.15) is 6.92 Å². The largest absolute Gasteiger partial charge is 0.453 e. The number of hydrogen-bond acceptors (Lipinski definition) is 5. The van der Waals surface area contributed by atoms with Crippen LogP contribution in [0.15, 0.2) is 39.9 Å². The van der Waals surface area contributed by atoms with Crippen LogP contribution >= 0.6 is 0 Å². The molecule has 2 N–H and O–H groups in total. The molecule has 1 aromatic carbocycles. The van der Waals surface area contributed by atoms with Crippen LogP contribution in [-0.4, -0.2) is 23.2 Å². The van der Waals surface area contributed by atoms with E-state index < -0.39 is 10.0 Å². The third-order valence-electron chi connectivity index (χ3n) is 2.93. The number of primary sulfonamides is 1. The molecular formula is C12H12N4O3S. The zero-order chi connectivity index (χ0) is 14.3. The van der Waals surface area contributed by atoms with Gasteiger partial charge in [0.2, 0.25) is 5.82 Å². The summed E-state index contributed by atoms with van der Waals surface area (Å²) in [6, 6.07) is 9.26. The summed E-state index contributed by atoms with van der Waals surface area (Å²) in [5.74, 6) is 0.795. The van der Waals surface area contributed by atoms with Crippen molar-refractivity contribution in [3.8, 4) is 11.6 Å². The average molecular weight is 292 g/mol. The highest BCUT2D eigenvalue weighted by molar-refractivity contribution is 7.89. The molecule has 0 amide bonds. The first kappa shape index (κ1) is 12.8. The van der Waals surface area contributed by atoms with E-state index in [0.717, 1.165) is 5.39 Å². The van der Waals surface area contributed by atoms with E-state index in [2.05, 4.69) is 10.2 Å². The highest BCUT2D eigenvalue weighted by Crippen LogP contribution is 2.27. The number of furan rings is 1. The molecule has 0 saturated heterocycles. The smallest absolute Gasteiger partial charge is 0.273 e. The molecule has 0 saturated carbocycles. The first-order chi connectivity index (χ1) is 9.50. The van der Waals surface area contributed by atoms with E-state index in [0.29, 0.717) is 23.7 Å². The lowest BCUT2D eigenvalue weighted by Crippen LogP contribution is -2.18. The van der Waals surface area contributed by atoms with Gasteiger partial charge in [-0.05, 0) is 19.1 Å². The Balaban J connectivity index is 2.22. The number of para-hydroxylation sites is 1. The molecule has 0 spiro atoms. The van der Waals surface area contributed by atoms with Crippen LogP contribution in [-0.2, 0) is 16.6 Å². The third-order valence-corrected chi connectivity index (χ3v) is 3.74. The van der Waals surface area contributed by atoms with Gasteiger partial charge in [-0.25, -0.2) is 13.6 Å². The Morgan fingerprint density at radius 2 is 2.05 bits per heavy atom. The van der Waals surface area contributed by atoms with Crippen molar-refractivity contribution >= 4 is 21.0 Å². The minimum atomic E-state index is -3.92. The van der Waals surface area contributed by atoms with E-state index in [4.69, 9.17) is 9.56 Å². The van der Waals surface area contributed by atoms with E-state index in [9.17, 15) is 8.42 Å². The maximum absolute atomic E-state index is 11.5. The van der Waals surface area contributed by atoms with E-state index >= 15 is 0 Å². The maximum atomic E-state index is 11.5. The van der Waals surface area contributed by atoms with Crippen LogP contribution in [0.5, 0.6) is 0 Å². The third kappa shape index (κ3) is 1.98. The van der Waals surface area contributed by atoms with Gasteiger partial charge >= 0.3 is 0 Å². The first-order valence-corrected chi connectivity index (χ1v) is 7.50. The highest BCUT2D eigenvalue weighted by atomic mass is 32.2. The molecule has 2 heterocycles. The Kier molecular flexibility index (Phi) is 2.84. The quantitative estimate of drug-likeness (QED) is 0.784. The lowest BCUT2D eigenvalue weighted by atomic mass is 10.2. The molecule has 3 rings (SSSR count). The van der Waals surface area contributed by atoms with Crippen LogP contribution in [0.3, 0.4) is 0 Å². The highest BCUT2D eigenvalue weighted by Gasteiger charge is 2.22. The van der Waals surface area contributed by atoms with Gasteiger partial charge < -0.3 is 4.42 Å². The predicted molar refractivity (Wildman–Crippen MR) is 72.3 cm³/mol. The summed E-state index contributed by atoms with van der Waals surface area (Å²) in [6.07, 6.45) is 0. The fraction of sp³-hybridized carbons (Fsp3) is 0.167. The molecule has 0 aliphatic heterocycles. The van der Waals surface area contributed by atoms with Gasteiger partial charge in [-0.1, -0.05) is 18.2 Å². The van der Waals surface area contributed by atoms with Crippen LogP contribution in [0.4, 0.5) is 0 Å². The molecule has 0 bridgehead atoms. The van der Waals surface area contributed by atoms with Gasteiger partial charge in [-0.2, -0.15) is 0 Å². The normalized spacial score (nSPS) is 12.1. The zero-order valence-electron chi connectivity index (χ0n) is 10.6. The summed E-state index contributed by atoms with van der Waals surface area (Å²) in [7, 11) is -3.92. The number of rotatable bonds is 3. The summed E-state index contributed by atoms with van der Waals surface area (Å²) in [5, 5.41) is 13.3. The summed E-state index contributed by atoms with van der Waals surface area (Å²) in [5.41, 5.74) is 0.699. The minimum absolute atomic E-state index is 0.268. The van der Waals surface area contributed by atoms with Gasteiger partial charge in [0.1, 0.15) is 5.58 Å². The second-order valence-corrected chi connectivity index (χ2v) is 5.70. The summed E-state index contributed by atoms with van der Waals surface area (Å²) >= 11 is 0. The molecule has 3 aromatic rings. The van der Waals surface area contributed by atoms with Crippen LogP contribution in [0, 0.1) is 0 Å². The molecule has 2 aromatic heterocycles. The van der Waals surface area contributed by atoms with Gasteiger partial charge in [0, 0.05) is 11.9 Å². The second kappa shape index (κ2) is 4.43. The summed E-state index contributed by atoms with van der Waals surface area (Å²) in [6.45, 7) is 2.15. The van der Waals surface area contributed by atoms with Gasteiger partial charge in [-0.3, -0.25) is 4.57 Å². The van der Waals surface area contributed by atoms with Gasteiger partial charge in [0.05, 0.1) is 0 Å². The second-order valence-electron chi connectivity index (χ2n) is 4.24. The van der Waals surface area contributed by atoms with E-state index in [1.54, 1.807) is 13.0 Å². The van der Waals surface area contributed by atoms with Crippen molar-refractivity contribution in [2.24, 2.45) is 5.14 Å². The first-order valence-electron chi connectivity index (χ1n) is 5.95. The maximum Gasteiger partial charge on any atom is 0.273 e. The predicted octanol–water partition coefficient (Wildman–Crippen LogP) is 1.36. The van der Waals surface area contributed by atoms with Crippen molar-refractivity contribution in [3.05, 3.63) is 30.3 Å². The summed E-state index contributed by atoms with van der Waals surface area (Å²) in [4.78, 5) is 0. The monoisotopic (exact) mass is 292 g/mol. The van der Waals surface area contributed by atoms with Crippen LogP contribution in [0.25, 0.3) is 22.6 Å². The van der Waals surface area contributed by atoms with Crippen LogP contribution in [0.2, 0.25) is 0 Å². The Bertz CT molecular complexity index is 846. The molecule has 0 atom stereocenters. The Morgan fingerprint density at radius 3 is 2.70 bits per heavy atom. The number of aromatic nitrogens is 3. The van der Waals surface area contributed by atoms with Gasteiger partial charge in [0.25, 0.3) is 15.2 Å². The van der Waals surface area contributed by atoms with Crippen molar-refractivity contribution in [2.75, 3.05) is 0 Å². The molecule has 0 aliphatic carbocycles. The van der Waals surface area contributed by atoms with Crippen molar-refractivity contribution in [1.82, 2.24) is 14.8 Å². The van der Waals surface area contributed by atoms with Crippen molar-refractivity contribution in [2.45, 2.75) is 18.6 Å². The SMILES string of the molecule is CCn1c(-c2cc3ccccc3o2)nnc1S(N)(=O)=O. The van der Waals surface area contributed by atoms with Crippen molar-refractivity contribution in [1.29, 1.82) is 0 Å². The van der Waals surface area contributed by atoms with Crippen molar-refractivity contribution < 1.29 is 12.8 Å². The Labute approximate surface area is 115 Å². The number of nitrogens with zero attached hydrogens (tertiary/aromatic N) is 3.